The first-order chi connectivity index (χ1) is 19.1. The van der Waals surface area contributed by atoms with E-state index >= 15 is 0 Å². The molecule has 9 heteroatoms. The van der Waals surface area contributed by atoms with E-state index in [4.69, 9.17) is 20.2 Å². The molecule has 0 aliphatic carbocycles. The second-order valence-corrected chi connectivity index (χ2v) is 11.0. The van der Waals surface area contributed by atoms with E-state index in [1.54, 1.807) is 14.2 Å². The first-order valence-electron chi connectivity index (χ1n) is 13.6. The lowest BCUT2D eigenvalue weighted by Gasteiger charge is -2.33. The van der Waals surface area contributed by atoms with Gasteiger partial charge >= 0.3 is 0 Å². The monoisotopic (exact) mass is 547 g/mol. The van der Waals surface area contributed by atoms with Gasteiger partial charge in [0.1, 0.15) is 5.82 Å². The molecule has 2 atom stereocenters. The van der Waals surface area contributed by atoms with E-state index in [1.165, 1.54) is 11.3 Å². The fourth-order valence-corrected chi connectivity index (χ4v) is 6.09. The highest BCUT2D eigenvalue weighted by Crippen LogP contribution is 2.30. The highest BCUT2D eigenvalue weighted by molar-refractivity contribution is 7.11. The summed E-state index contributed by atoms with van der Waals surface area (Å²) in [4.78, 5) is 24.8. The van der Waals surface area contributed by atoms with Crippen LogP contribution >= 0.6 is 11.3 Å². The number of thiazole rings is 1. The zero-order valence-corrected chi connectivity index (χ0v) is 23.5. The third kappa shape index (κ3) is 6.49. The van der Waals surface area contributed by atoms with Gasteiger partial charge in [0.25, 0.3) is 5.19 Å². The lowest BCUT2D eigenvalue weighted by atomic mass is 9.95. The summed E-state index contributed by atoms with van der Waals surface area (Å²) in [5, 5.41) is 2.64. The molecule has 8 nitrogen and oxygen atoms in total. The van der Waals surface area contributed by atoms with Crippen LogP contribution in [0.15, 0.2) is 53.9 Å². The predicted molar refractivity (Wildman–Crippen MR) is 155 cm³/mol. The average Bonchev–Trinajstić information content (AvgIpc) is 3.59. The van der Waals surface area contributed by atoms with Crippen LogP contribution < -0.4 is 10.5 Å². The number of aryl methyl sites for hydroxylation is 1. The van der Waals surface area contributed by atoms with Crippen molar-refractivity contribution >= 4 is 28.3 Å². The van der Waals surface area contributed by atoms with Crippen molar-refractivity contribution < 1.29 is 14.3 Å². The highest BCUT2D eigenvalue weighted by atomic mass is 32.1. The maximum Gasteiger partial charge on any atom is 0.273 e. The van der Waals surface area contributed by atoms with Crippen molar-refractivity contribution in [2.24, 2.45) is 5.73 Å². The molecule has 39 heavy (non-hydrogen) atoms. The third-order valence-electron chi connectivity index (χ3n) is 7.40. The quantitative estimate of drug-likeness (QED) is 0.269. The summed E-state index contributed by atoms with van der Waals surface area (Å²) in [6, 6.07) is 16.3. The van der Waals surface area contributed by atoms with Gasteiger partial charge in [-0.15, -0.1) is 0 Å². The van der Waals surface area contributed by atoms with Crippen molar-refractivity contribution in [3.63, 3.8) is 0 Å². The number of nitrogens with zero attached hydrogens (tertiary/aromatic N) is 4. The Bertz CT molecular complexity index is 1380. The Kier molecular flexibility index (Phi) is 8.91. The Morgan fingerprint density at radius 1 is 1.15 bits per heavy atom. The molecule has 1 aliphatic rings. The zero-order chi connectivity index (χ0) is 27.2. The molecule has 0 spiro atoms. The maximum atomic E-state index is 13.3. The van der Waals surface area contributed by atoms with E-state index in [0.717, 1.165) is 66.0 Å². The van der Waals surface area contributed by atoms with Crippen molar-refractivity contribution in [2.45, 2.75) is 50.6 Å². The van der Waals surface area contributed by atoms with Crippen LogP contribution in [0, 0.1) is 0 Å². The van der Waals surface area contributed by atoms with Gasteiger partial charge in [-0.05, 0) is 43.4 Å². The number of carbonyl (C=O) groups excluding carboxylic acids is 1. The number of imidazole rings is 1. The largest absolute Gasteiger partial charge is 0.473 e. The first kappa shape index (κ1) is 27.3. The van der Waals surface area contributed by atoms with Crippen LogP contribution in [0.4, 0.5) is 0 Å². The number of aromatic nitrogens is 3. The van der Waals surface area contributed by atoms with Gasteiger partial charge in [0.2, 0.25) is 5.91 Å². The first-order valence-corrected chi connectivity index (χ1v) is 14.5. The Morgan fingerprint density at radius 2 is 1.97 bits per heavy atom. The SMILES string of the molecule is COCCCn1c(C2CCCN(C(=O)CC(N)Cc3ccc(-c4csc(OC)n4)cc3)C2)nc2ccccc21. The van der Waals surface area contributed by atoms with Gasteiger partial charge in [-0.2, -0.15) is 0 Å². The van der Waals surface area contributed by atoms with Crippen molar-refractivity contribution in [3.8, 4) is 16.5 Å². The van der Waals surface area contributed by atoms with Gasteiger partial charge in [0.15, 0.2) is 0 Å². The molecule has 3 heterocycles. The number of para-hydroxylation sites is 2. The van der Waals surface area contributed by atoms with Gasteiger partial charge < -0.3 is 24.7 Å². The number of rotatable bonds is 11. The molecule has 0 bridgehead atoms. The summed E-state index contributed by atoms with van der Waals surface area (Å²) in [6.45, 7) is 3.03. The number of likely N-dealkylation sites (tertiary alicyclic amines) is 1. The third-order valence-corrected chi connectivity index (χ3v) is 8.20. The number of methoxy groups -OCH3 is 2. The number of nitrogens with two attached hydrogens (primary N) is 1. The normalized spacial score (nSPS) is 16.5. The van der Waals surface area contributed by atoms with E-state index in [9.17, 15) is 4.79 Å². The lowest BCUT2D eigenvalue weighted by Crippen LogP contribution is -2.42. The Morgan fingerprint density at radius 3 is 2.74 bits per heavy atom. The van der Waals surface area contributed by atoms with Gasteiger partial charge in [0, 0.05) is 62.7 Å². The van der Waals surface area contributed by atoms with Gasteiger partial charge in [-0.25, -0.2) is 9.97 Å². The number of benzene rings is 2. The molecular formula is C30H37N5O3S. The van der Waals surface area contributed by atoms with E-state index in [-0.39, 0.29) is 17.9 Å². The average molecular weight is 548 g/mol. The van der Waals surface area contributed by atoms with Crippen LogP contribution in [0.5, 0.6) is 5.19 Å². The van der Waals surface area contributed by atoms with Crippen LogP contribution in [-0.2, 0) is 22.5 Å². The molecule has 2 unspecified atom stereocenters. The molecule has 0 radical (unpaired) electrons. The molecule has 1 amide bonds. The minimum absolute atomic E-state index is 0.125. The predicted octanol–water partition coefficient (Wildman–Crippen LogP) is 4.87. The molecule has 5 rings (SSSR count). The fraction of sp³-hybridized carbons (Fsp3) is 0.433. The minimum Gasteiger partial charge on any atom is -0.473 e. The number of hydrogen-bond acceptors (Lipinski definition) is 7. The van der Waals surface area contributed by atoms with Crippen LogP contribution in [0.25, 0.3) is 22.3 Å². The number of amides is 1. The van der Waals surface area contributed by atoms with Crippen molar-refractivity contribution in [1.29, 1.82) is 0 Å². The van der Waals surface area contributed by atoms with Crippen molar-refractivity contribution in [3.05, 3.63) is 65.3 Å². The molecule has 1 aliphatic heterocycles. The topological polar surface area (TPSA) is 95.5 Å². The van der Waals surface area contributed by atoms with E-state index in [0.29, 0.717) is 31.2 Å². The Labute approximate surface area is 233 Å². The smallest absolute Gasteiger partial charge is 0.273 e. The Hall–Kier alpha value is -3.27. The minimum atomic E-state index is -0.235. The summed E-state index contributed by atoms with van der Waals surface area (Å²) in [6.07, 6.45) is 3.91. The molecular weight excluding hydrogens is 510 g/mol. The summed E-state index contributed by atoms with van der Waals surface area (Å²) in [5.74, 6) is 1.41. The fourth-order valence-electron chi connectivity index (χ4n) is 5.45. The van der Waals surface area contributed by atoms with Crippen molar-refractivity contribution in [1.82, 2.24) is 19.4 Å². The maximum absolute atomic E-state index is 13.3. The summed E-state index contributed by atoms with van der Waals surface area (Å²) in [5.41, 5.74) is 11.7. The molecule has 2 aromatic heterocycles. The second-order valence-electron chi connectivity index (χ2n) is 10.2. The standard InChI is InChI=1S/C30H37N5O3S/c1-37-16-6-15-35-27-9-4-3-8-25(27)32-29(35)23-7-5-14-34(19-23)28(36)18-24(31)17-21-10-12-22(13-11-21)26-20-39-30(33-26)38-2/h3-4,8-13,20,23-24H,5-7,14-19,31H2,1-2H3. The van der Waals surface area contributed by atoms with Crippen LogP contribution in [0.2, 0.25) is 0 Å². The van der Waals surface area contributed by atoms with Gasteiger partial charge in [0.05, 0.1) is 23.8 Å². The zero-order valence-electron chi connectivity index (χ0n) is 22.7. The summed E-state index contributed by atoms with van der Waals surface area (Å²) in [7, 11) is 3.36. The number of fused-ring (bicyclic) bond motifs is 1. The number of carbonyl (C=O) groups is 1. The summed E-state index contributed by atoms with van der Waals surface area (Å²) >= 11 is 1.48. The van der Waals surface area contributed by atoms with E-state index in [1.807, 2.05) is 28.5 Å². The molecule has 2 N–H and O–H groups in total. The molecule has 2 aromatic carbocycles. The Balaban J connectivity index is 1.20. The van der Waals surface area contributed by atoms with Crippen LogP contribution in [-0.4, -0.2) is 65.3 Å². The molecule has 4 aromatic rings. The molecule has 1 fully saturated rings. The van der Waals surface area contributed by atoms with Crippen LogP contribution in [0.3, 0.4) is 0 Å². The van der Waals surface area contributed by atoms with E-state index in [2.05, 4.69) is 39.9 Å². The van der Waals surface area contributed by atoms with Crippen molar-refractivity contribution in [2.75, 3.05) is 33.9 Å². The molecule has 206 valence electrons. The van der Waals surface area contributed by atoms with Gasteiger partial charge in [-0.1, -0.05) is 47.7 Å². The summed E-state index contributed by atoms with van der Waals surface area (Å²) < 4.78 is 12.8. The second kappa shape index (κ2) is 12.7. The van der Waals surface area contributed by atoms with Crippen LogP contribution in [0.1, 0.15) is 43.0 Å². The molecule has 0 saturated carbocycles. The highest BCUT2D eigenvalue weighted by Gasteiger charge is 2.29. The number of hydrogen-bond donors (Lipinski definition) is 1. The molecule has 1 saturated heterocycles. The van der Waals surface area contributed by atoms with E-state index < -0.39 is 0 Å². The lowest BCUT2D eigenvalue weighted by molar-refractivity contribution is -0.132. The number of ether oxygens (including phenoxy) is 2. The number of piperidine rings is 1. The van der Waals surface area contributed by atoms with Gasteiger partial charge in [-0.3, -0.25) is 4.79 Å².